The Kier molecular flexibility index (Phi) is 3.71. The van der Waals surface area contributed by atoms with Gasteiger partial charge in [-0.25, -0.2) is 0 Å². The van der Waals surface area contributed by atoms with Crippen LogP contribution < -0.4 is 5.32 Å². The van der Waals surface area contributed by atoms with Gasteiger partial charge in [0.2, 0.25) is 0 Å². The number of halogens is 1. The van der Waals surface area contributed by atoms with Crippen LogP contribution in [0.3, 0.4) is 0 Å². The van der Waals surface area contributed by atoms with E-state index in [0.717, 1.165) is 18.2 Å². The van der Waals surface area contributed by atoms with Crippen LogP contribution in [0.5, 0.6) is 0 Å². The Bertz CT molecular complexity index is 310. The smallest absolute Gasteiger partial charge is 0.193 e. The molecule has 0 radical (unpaired) electrons. The molecule has 2 rings (SSSR count). The average molecular weight is 228 g/mol. The zero-order chi connectivity index (χ0) is 10.7. The normalized spacial score (nSPS) is 26.8. The number of rotatable bonds is 3. The lowest BCUT2D eigenvalue weighted by Gasteiger charge is -2.29. The number of hydrogen-bond donors (Lipinski definition) is 1. The van der Waals surface area contributed by atoms with Gasteiger partial charge in [-0.15, -0.1) is 0 Å². The van der Waals surface area contributed by atoms with Crippen LogP contribution in [0.2, 0.25) is 5.22 Å². The van der Waals surface area contributed by atoms with Crippen molar-refractivity contribution in [3.8, 4) is 0 Å². The fourth-order valence-electron chi connectivity index (χ4n) is 2.30. The molecular weight excluding hydrogens is 210 g/mol. The summed E-state index contributed by atoms with van der Waals surface area (Å²) in [6.07, 6.45) is 5.36. The van der Waals surface area contributed by atoms with Gasteiger partial charge in [0.05, 0.1) is 6.54 Å². The first-order valence-electron chi connectivity index (χ1n) is 5.73. The van der Waals surface area contributed by atoms with Crippen LogP contribution in [0.1, 0.15) is 38.4 Å². The van der Waals surface area contributed by atoms with Crippen LogP contribution in [0.25, 0.3) is 0 Å². The molecule has 1 fully saturated rings. The van der Waals surface area contributed by atoms with Crippen molar-refractivity contribution in [1.29, 1.82) is 0 Å². The molecule has 0 aliphatic heterocycles. The van der Waals surface area contributed by atoms with Gasteiger partial charge in [-0.2, -0.15) is 0 Å². The molecule has 2 nitrogen and oxygen atoms in total. The second-order valence-electron chi connectivity index (χ2n) is 4.45. The van der Waals surface area contributed by atoms with E-state index in [1.165, 1.54) is 25.7 Å². The first kappa shape index (κ1) is 11.0. The van der Waals surface area contributed by atoms with Crippen molar-refractivity contribution < 1.29 is 4.42 Å². The quantitative estimate of drug-likeness (QED) is 0.854. The molecule has 1 aromatic heterocycles. The molecule has 1 aliphatic carbocycles. The van der Waals surface area contributed by atoms with E-state index in [9.17, 15) is 0 Å². The van der Waals surface area contributed by atoms with Crippen molar-refractivity contribution in [3.63, 3.8) is 0 Å². The lowest BCUT2D eigenvalue weighted by molar-refractivity contribution is 0.273. The predicted molar refractivity (Wildman–Crippen MR) is 62.0 cm³/mol. The number of hydrogen-bond acceptors (Lipinski definition) is 2. The van der Waals surface area contributed by atoms with E-state index in [1.54, 1.807) is 6.07 Å². The molecule has 1 saturated carbocycles. The third-order valence-corrected chi connectivity index (χ3v) is 3.48. The van der Waals surface area contributed by atoms with Gasteiger partial charge in [-0.3, -0.25) is 0 Å². The highest BCUT2D eigenvalue weighted by molar-refractivity contribution is 6.28. The van der Waals surface area contributed by atoms with E-state index in [-0.39, 0.29) is 0 Å². The van der Waals surface area contributed by atoms with Gasteiger partial charge in [-0.05, 0) is 42.5 Å². The van der Waals surface area contributed by atoms with Crippen LogP contribution in [-0.4, -0.2) is 6.04 Å². The Hall–Kier alpha value is -0.470. The highest BCUT2D eigenvalue weighted by Crippen LogP contribution is 2.24. The summed E-state index contributed by atoms with van der Waals surface area (Å²) in [6, 6.07) is 4.37. The molecule has 0 bridgehead atoms. The fourth-order valence-corrected chi connectivity index (χ4v) is 2.46. The van der Waals surface area contributed by atoms with Crippen molar-refractivity contribution in [2.75, 3.05) is 0 Å². The Morgan fingerprint density at radius 1 is 1.40 bits per heavy atom. The van der Waals surface area contributed by atoms with Crippen LogP contribution in [0.15, 0.2) is 16.5 Å². The van der Waals surface area contributed by atoms with Gasteiger partial charge in [0, 0.05) is 6.04 Å². The van der Waals surface area contributed by atoms with Crippen LogP contribution in [0.4, 0.5) is 0 Å². The summed E-state index contributed by atoms with van der Waals surface area (Å²) >= 11 is 5.72. The summed E-state index contributed by atoms with van der Waals surface area (Å²) in [4.78, 5) is 0. The standard InChI is InChI=1S/C12H18ClNO/c1-9-4-2-3-5-11(9)14-8-10-6-7-12(13)15-10/h6-7,9,11,14H,2-5,8H2,1H3. The van der Waals surface area contributed by atoms with Gasteiger partial charge >= 0.3 is 0 Å². The Labute approximate surface area is 96.0 Å². The molecule has 1 N–H and O–H groups in total. The molecule has 1 heterocycles. The van der Waals surface area contributed by atoms with Crippen molar-refractivity contribution in [2.45, 2.75) is 45.2 Å². The molecule has 0 spiro atoms. The molecule has 1 aromatic rings. The van der Waals surface area contributed by atoms with Gasteiger partial charge in [-0.1, -0.05) is 19.8 Å². The maximum Gasteiger partial charge on any atom is 0.193 e. The number of nitrogens with one attached hydrogen (secondary N) is 1. The first-order chi connectivity index (χ1) is 7.25. The lowest BCUT2D eigenvalue weighted by atomic mass is 9.86. The van der Waals surface area contributed by atoms with E-state index < -0.39 is 0 Å². The van der Waals surface area contributed by atoms with Gasteiger partial charge in [0.25, 0.3) is 0 Å². The van der Waals surface area contributed by atoms with E-state index >= 15 is 0 Å². The Morgan fingerprint density at radius 2 is 2.20 bits per heavy atom. The van der Waals surface area contributed by atoms with Gasteiger partial charge in [0.15, 0.2) is 5.22 Å². The summed E-state index contributed by atoms with van der Waals surface area (Å²) in [5.41, 5.74) is 0. The summed E-state index contributed by atoms with van der Waals surface area (Å²) in [6.45, 7) is 3.12. The van der Waals surface area contributed by atoms with Gasteiger partial charge in [0.1, 0.15) is 5.76 Å². The fraction of sp³-hybridized carbons (Fsp3) is 0.667. The lowest BCUT2D eigenvalue weighted by Crippen LogP contribution is -2.36. The largest absolute Gasteiger partial charge is 0.448 e. The maximum atomic E-state index is 5.72. The van der Waals surface area contributed by atoms with E-state index in [1.807, 2.05) is 6.07 Å². The molecular formula is C12H18ClNO. The zero-order valence-corrected chi connectivity index (χ0v) is 9.89. The zero-order valence-electron chi connectivity index (χ0n) is 9.13. The molecule has 0 amide bonds. The SMILES string of the molecule is CC1CCCCC1NCc1ccc(Cl)o1. The molecule has 2 atom stereocenters. The van der Waals surface area contributed by atoms with Crippen LogP contribution >= 0.6 is 11.6 Å². The maximum absolute atomic E-state index is 5.72. The average Bonchev–Trinajstić information content (AvgIpc) is 2.63. The Balaban J connectivity index is 1.81. The highest BCUT2D eigenvalue weighted by Gasteiger charge is 2.20. The van der Waals surface area contributed by atoms with Crippen molar-refractivity contribution in [3.05, 3.63) is 23.1 Å². The van der Waals surface area contributed by atoms with Crippen molar-refractivity contribution >= 4 is 11.6 Å². The minimum Gasteiger partial charge on any atom is -0.448 e. The molecule has 0 saturated heterocycles. The summed E-state index contributed by atoms with van der Waals surface area (Å²) in [7, 11) is 0. The second-order valence-corrected chi connectivity index (χ2v) is 4.83. The third kappa shape index (κ3) is 2.99. The summed E-state index contributed by atoms with van der Waals surface area (Å²) in [5.74, 6) is 1.71. The van der Waals surface area contributed by atoms with Crippen molar-refractivity contribution in [1.82, 2.24) is 5.32 Å². The summed E-state index contributed by atoms with van der Waals surface area (Å²) in [5, 5.41) is 4.02. The number of furan rings is 1. The van der Waals surface area contributed by atoms with Crippen molar-refractivity contribution in [2.24, 2.45) is 5.92 Å². The third-order valence-electron chi connectivity index (χ3n) is 3.28. The van der Waals surface area contributed by atoms with Gasteiger partial charge < -0.3 is 9.73 Å². The highest BCUT2D eigenvalue weighted by atomic mass is 35.5. The first-order valence-corrected chi connectivity index (χ1v) is 6.11. The molecule has 15 heavy (non-hydrogen) atoms. The monoisotopic (exact) mass is 227 g/mol. The molecule has 2 unspecified atom stereocenters. The molecule has 0 aromatic carbocycles. The van der Waals surface area contributed by atoms with Crippen LogP contribution in [-0.2, 0) is 6.54 Å². The molecule has 1 aliphatic rings. The van der Waals surface area contributed by atoms with Crippen LogP contribution in [0, 0.1) is 5.92 Å². The topological polar surface area (TPSA) is 25.2 Å². The van der Waals surface area contributed by atoms with E-state index in [2.05, 4.69) is 12.2 Å². The van der Waals surface area contributed by atoms with E-state index in [0.29, 0.717) is 11.3 Å². The Morgan fingerprint density at radius 3 is 2.87 bits per heavy atom. The van der Waals surface area contributed by atoms with E-state index in [4.69, 9.17) is 16.0 Å². The molecule has 84 valence electrons. The minimum atomic E-state index is 0.475. The minimum absolute atomic E-state index is 0.475. The second kappa shape index (κ2) is 5.04. The summed E-state index contributed by atoms with van der Waals surface area (Å²) < 4.78 is 5.31. The molecule has 3 heteroatoms. The predicted octanol–water partition coefficient (Wildman–Crippen LogP) is 3.60.